The molecule has 0 amide bonds. The molecule has 0 saturated carbocycles. The summed E-state index contributed by atoms with van der Waals surface area (Å²) in [5.74, 6) is 0.196. The number of fused-ring (bicyclic) bond motifs is 1. The second-order valence-corrected chi connectivity index (χ2v) is 6.75. The van der Waals surface area contributed by atoms with Crippen LogP contribution in [0.3, 0.4) is 0 Å². The Balaban J connectivity index is 1.75. The molecule has 0 bridgehead atoms. The molecule has 1 atom stereocenters. The minimum atomic E-state index is -4.77. The predicted molar refractivity (Wildman–Crippen MR) is 105 cm³/mol. The number of alkyl halides is 3. The number of nitrogens with zero attached hydrogens (tertiary/aromatic N) is 3. The Labute approximate surface area is 167 Å². The van der Waals surface area contributed by atoms with Crippen LogP contribution in [-0.2, 0) is 0 Å². The van der Waals surface area contributed by atoms with Crippen LogP contribution < -0.4 is 10.9 Å². The van der Waals surface area contributed by atoms with E-state index in [2.05, 4.69) is 25.3 Å². The lowest BCUT2D eigenvalue weighted by molar-refractivity contribution is -0.198. The van der Waals surface area contributed by atoms with Gasteiger partial charge in [0.05, 0.1) is 23.0 Å². The molecule has 1 unspecified atom stereocenters. The summed E-state index contributed by atoms with van der Waals surface area (Å²) in [5.41, 5.74) is 2.58. The first kappa shape index (κ1) is 19.7. The Morgan fingerprint density at radius 1 is 1.33 bits per heavy atom. The molecule has 4 aromatic rings. The number of aliphatic hydroxyl groups excluding tert-OH is 1. The lowest BCUT2D eigenvalue weighted by Crippen LogP contribution is -2.35. The van der Waals surface area contributed by atoms with Gasteiger partial charge in [-0.05, 0) is 30.7 Å². The van der Waals surface area contributed by atoms with Gasteiger partial charge in [-0.3, -0.25) is 4.79 Å². The fourth-order valence-corrected chi connectivity index (χ4v) is 3.13. The van der Waals surface area contributed by atoms with Gasteiger partial charge in [0, 0.05) is 30.8 Å². The summed E-state index contributed by atoms with van der Waals surface area (Å²) >= 11 is 0. The number of imidazole rings is 2. The molecule has 8 nitrogen and oxygen atoms in total. The van der Waals surface area contributed by atoms with E-state index in [9.17, 15) is 23.1 Å². The number of pyridine rings is 1. The summed E-state index contributed by atoms with van der Waals surface area (Å²) in [4.78, 5) is 26.5. The van der Waals surface area contributed by atoms with E-state index in [-0.39, 0.29) is 17.1 Å². The number of aliphatic hydroxyl groups is 1. The Bertz CT molecular complexity index is 1240. The second kappa shape index (κ2) is 7.34. The minimum Gasteiger partial charge on any atom is -0.382 e. The number of benzene rings is 1. The van der Waals surface area contributed by atoms with E-state index < -0.39 is 24.4 Å². The number of halogens is 3. The highest BCUT2D eigenvalue weighted by molar-refractivity contribution is 5.86. The van der Waals surface area contributed by atoms with Crippen molar-refractivity contribution >= 4 is 16.7 Å². The standard InChI is InChI=1S/C19H17F3N6O2/c1-10-6-11(28-5-4-23-9-28)7-13-16(10)27-17(26-13)15-12(2-3-24-18(15)30)25-8-14(29)19(20,21)22/h2-7,9,14,29H,8H2,1H3,(H,26,27)(H2,24,25,30). The van der Waals surface area contributed by atoms with Crippen LogP contribution in [0.5, 0.6) is 0 Å². The monoisotopic (exact) mass is 418 g/mol. The molecular formula is C19H17F3N6O2. The Hall–Kier alpha value is -3.60. The zero-order valence-electron chi connectivity index (χ0n) is 15.7. The molecule has 4 N–H and O–H groups in total. The number of hydrogen-bond donors (Lipinski definition) is 4. The van der Waals surface area contributed by atoms with Gasteiger partial charge in [-0.1, -0.05) is 0 Å². The van der Waals surface area contributed by atoms with Crippen LogP contribution >= 0.6 is 0 Å². The molecule has 0 saturated heterocycles. The topological polar surface area (TPSA) is 112 Å². The average Bonchev–Trinajstić information content (AvgIpc) is 3.35. The number of aryl methyl sites for hydroxylation is 1. The number of nitrogens with one attached hydrogen (secondary N) is 3. The first-order valence-corrected chi connectivity index (χ1v) is 8.93. The van der Waals surface area contributed by atoms with Crippen molar-refractivity contribution in [1.29, 1.82) is 0 Å². The molecule has 0 radical (unpaired) electrons. The van der Waals surface area contributed by atoms with Gasteiger partial charge in [-0.25, -0.2) is 9.97 Å². The number of aromatic nitrogens is 5. The fraction of sp³-hybridized carbons (Fsp3) is 0.211. The third-order valence-corrected chi connectivity index (χ3v) is 4.63. The van der Waals surface area contributed by atoms with Crippen molar-refractivity contribution < 1.29 is 18.3 Å². The smallest absolute Gasteiger partial charge is 0.382 e. The Morgan fingerprint density at radius 3 is 2.83 bits per heavy atom. The molecule has 30 heavy (non-hydrogen) atoms. The highest BCUT2D eigenvalue weighted by atomic mass is 19.4. The molecular weight excluding hydrogens is 401 g/mol. The maximum atomic E-state index is 12.6. The molecule has 0 fully saturated rings. The van der Waals surface area contributed by atoms with E-state index in [1.807, 2.05) is 23.6 Å². The fourth-order valence-electron chi connectivity index (χ4n) is 3.13. The number of H-pyrrole nitrogens is 2. The summed E-state index contributed by atoms with van der Waals surface area (Å²) in [6, 6.07) is 5.15. The molecule has 11 heteroatoms. The SMILES string of the molecule is Cc1cc(-n2ccnc2)cc2[nH]c(-c3c(NCC(O)C(F)(F)F)cc[nH]c3=O)nc12. The van der Waals surface area contributed by atoms with Crippen LogP contribution in [0.2, 0.25) is 0 Å². The van der Waals surface area contributed by atoms with Gasteiger partial charge in [0.1, 0.15) is 11.4 Å². The molecule has 156 valence electrons. The predicted octanol–water partition coefficient (Wildman–Crippen LogP) is 2.75. The summed E-state index contributed by atoms with van der Waals surface area (Å²) in [6.07, 6.45) is -0.954. The van der Waals surface area contributed by atoms with Gasteiger partial charge in [-0.2, -0.15) is 13.2 Å². The molecule has 1 aromatic carbocycles. The lowest BCUT2D eigenvalue weighted by atomic mass is 10.2. The quantitative estimate of drug-likeness (QED) is 0.398. The third kappa shape index (κ3) is 3.66. The first-order valence-electron chi connectivity index (χ1n) is 8.93. The van der Waals surface area contributed by atoms with E-state index in [1.54, 1.807) is 18.7 Å². The van der Waals surface area contributed by atoms with Gasteiger partial charge in [0.15, 0.2) is 6.10 Å². The van der Waals surface area contributed by atoms with Crippen LogP contribution in [0.4, 0.5) is 18.9 Å². The lowest BCUT2D eigenvalue weighted by Gasteiger charge is -2.16. The number of rotatable bonds is 5. The molecule has 4 rings (SSSR count). The van der Waals surface area contributed by atoms with Crippen molar-refractivity contribution in [3.63, 3.8) is 0 Å². The average molecular weight is 418 g/mol. The minimum absolute atomic E-state index is 0.0478. The van der Waals surface area contributed by atoms with Crippen molar-refractivity contribution in [2.45, 2.75) is 19.2 Å². The second-order valence-electron chi connectivity index (χ2n) is 6.75. The van der Waals surface area contributed by atoms with E-state index in [1.165, 1.54) is 12.3 Å². The van der Waals surface area contributed by atoms with Crippen LogP contribution in [-0.4, -0.2) is 48.4 Å². The van der Waals surface area contributed by atoms with Crippen molar-refractivity contribution in [1.82, 2.24) is 24.5 Å². The summed E-state index contributed by atoms with van der Waals surface area (Å²) in [7, 11) is 0. The number of hydrogen-bond acceptors (Lipinski definition) is 5. The van der Waals surface area contributed by atoms with Gasteiger partial charge < -0.3 is 25.0 Å². The van der Waals surface area contributed by atoms with Gasteiger partial charge in [0.2, 0.25) is 0 Å². The third-order valence-electron chi connectivity index (χ3n) is 4.63. The summed E-state index contributed by atoms with van der Waals surface area (Å²) < 4.78 is 39.6. The Morgan fingerprint density at radius 2 is 2.13 bits per heavy atom. The maximum absolute atomic E-state index is 12.6. The van der Waals surface area contributed by atoms with Crippen molar-refractivity contribution in [3.8, 4) is 17.1 Å². The highest BCUT2D eigenvalue weighted by Crippen LogP contribution is 2.28. The normalized spacial score (nSPS) is 13.0. The van der Waals surface area contributed by atoms with Crippen LogP contribution in [0.1, 0.15) is 5.56 Å². The number of aromatic amines is 2. The van der Waals surface area contributed by atoms with E-state index in [4.69, 9.17) is 0 Å². The van der Waals surface area contributed by atoms with E-state index >= 15 is 0 Å². The van der Waals surface area contributed by atoms with Gasteiger partial charge >= 0.3 is 6.18 Å². The van der Waals surface area contributed by atoms with Gasteiger partial charge in [-0.15, -0.1) is 0 Å². The van der Waals surface area contributed by atoms with Crippen LogP contribution in [0, 0.1) is 6.92 Å². The van der Waals surface area contributed by atoms with Crippen molar-refractivity contribution in [3.05, 3.63) is 59.0 Å². The largest absolute Gasteiger partial charge is 0.416 e. The summed E-state index contributed by atoms with van der Waals surface area (Å²) in [6.45, 7) is 1.06. The zero-order chi connectivity index (χ0) is 21.5. The highest BCUT2D eigenvalue weighted by Gasteiger charge is 2.38. The molecule has 0 aliphatic heterocycles. The van der Waals surface area contributed by atoms with Crippen LogP contribution in [0.15, 0.2) is 47.9 Å². The van der Waals surface area contributed by atoms with Crippen molar-refractivity contribution in [2.24, 2.45) is 0 Å². The zero-order valence-corrected chi connectivity index (χ0v) is 15.7. The molecule has 0 aliphatic rings. The van der Waals surface area contributed by atoms with E-state index in [0.717, 1.165) is 11.3 Å². The first-order chi connectivity index (χ1) is 14.2. The number of anilines is 1. The molecule has 0 spiro atoms. The molecule has 3 aromatic heterocycles. The maximum Gasteiger partial charge on any atom is 0.416 e. The van der Waals surface area contributed by atoms with Crippen LogP contribution in [0.25, 0.3) is 28.1 Å². The van der Waals surface area contributed by atoms with Crippen molar-refractivity contribution in [2.75, 3.05) is 11.9 Å². The molecule has 0 aliphatic carbocycles. The van der Waals surface area contributed by atoms with Gasteiger partial charge in [0.25, 0.3) is 5.56 Å². The van der Waals surface area contributed by atoms with E-state index in [0.29, 0.717) is 11.0 Å². The summed E-state index contributed by atoms with van der Waals surface area (Å²) in [5, 5.41) is 11.7. The molecule has 3 heterocycles. The Kier molecular flexibility index (Phi) is 4.82.